The lowest BCUT2D eigenvalue weighted by molar-refractivity contribution is -0.274. The van der Waals surface area contributed by atoms with Crippen LogP contribution >= 0.6 is 0 Å². The lowest BCUT2D eigenvalue weighted by Crippen LogP contribution is -2.34. The molecule has 2 aliphatic heterocycles. The van der Waals surface area contributed by atoms with Crippen molar-refractivity contribution in [1.29, 1.82) is 0 Å². The average molecular weight is 464 g/mol. The molecule has 33 heavy (non-hydrogen) atoms. The predicted octanol–water partition coefficient (Wildman–Crippen LogP) is 4.34. The molecule has 2 aromatic rings. The van der Waals surface area contributed by atoms with Crippen LogP contribution in [0.15, 0.2) is 42.5 Å². The van der Waals surface area contributed by atoms with Gasteiger partial charge < -0.3 is 19.1 Å². The molecule has 1 amide bonds. The number of benzene rings is 2. The Hall–Kier alpha value is -2.94. The number of ether oxygens (including phenoxy) is 3. The van der Waals surface area contributed by atoms with Crippen LogP contribution < -0.4 is 14.2 Å². The molecule has 2 aromatic carbocycles. The first kappa shape index (κ1) is 23.2. The Morgan fingerprint density at radius 1 is 0.970 bits per heavy atom. The van der Waals surface area contributed by atoms with Crippen LogP contribution in [0.3, 0.4) is 0 Å². The van der Waals surface area contributed by atoms with E-state index in [0.29, 0.717) is 36.7 Å². The van der Waals surface area contributed by atoms with Gasteiger partial charge in [-0.1, -0.05) is 12.1 Å². The number of hydrogen-bond acceptors (Lipinski definition) is 5. The summed E-state index contributed by atoms with van der Waals surface area (Å²) < 4.78 is 51.5. The fourth-order valence-corrected chi connectivity index (χ4v) is 4.81. The largest absolute Gasteiger partial charge is 0.573 e. The molecule has 1 spiro atoms. The molecule has 2 fully saturated rings. The van der Waals surface area contributed by atoms with Gasteiger partial charge in [-0.2, -0.15) is 0 Å². The van der Waals surface area contributed by atoms with Crippen molar-refractivity contribution in [3.63, 3.8) is 0 Å². The third-order valence-electron chi connectivity index (χ3n) is 6.44. The van der Waals surface area contributed by atoms with Crippen molar-refractivity contribution >= 4 is 5.91 Å². The SMILES string of the molecule is COc1ccc(C(=O)N2CCC3(CCN(Cc4ccc(OC(F)(F)F)cc4)C3)C2)cc1OC. The van der Waals surface area contributed by atoms with E-state index in [9.17, 15) is 18.0 Å². The quantitative estimate of drug-likeness (QED) is 0.637. The molecule has 2 aliphatic rings. The zero-order valence-electron chi connectivity index (χ0n) is 18.7. The van der Waals surface area contributed by atoms with Crippen LogP contribution in [-0.4, -0.2) is 62.5 Å². The topological polar surface area (TPSA) is 51.2 Å². The van der Waals surface area contributed by atoms with Crippen molar-refractivity contribution in [2.45, 2.75) is 25.7 Å². The minimum atomic E-state index is -4.69. The number of alkyl halides is 3. The first-order valence-electron chi connectivity index (χ1n) is 10.8. The van der Waals surface area contributed by atoms with Gasteiger partial charge >= 0.3 is 6.36 Å². The Labute approximate surface area is 190 Å². The molecular formula is C24H27F3N2O4. The first-order valence-corrected chi connectivity index (χ1v) is 10.8. The second-order valence-electron chi connectivity index (χ2n) is 8.70. The van der Waals surface area contributed by atoms with Crippen molar-refractivity contribution in [2.24, 2.45) is 5.41 Å². The zero-order valence-corrected chi connectivity index (χ0v) is 18.7. The van der Waals surface area contributed by atoms with Crippen LogP contribution in [0.5, 0.6) is 17.2 Å². The number of halogens is 3. The Bertz CT molecular complexity index is 996. The van der Waals surface area contributed by atoms with E-state index in [1.807, 2.05) is 4.90 Å². The minimum absolute atomic E-state index is 0.0217. The molecule has 9 heteroatoms. The van der Waals surface area contributed by atoms with Gasteiger partial charge in [-0.05, 0) is 55.3 Å². The smallest absolute Gasteiger partial charge is 0.493 e. The fourth-order valence-electron chi connectivity index (χ4n) is 4.81. The highest BCUT2D eigenvalue weighted by atomic mass is 19.4. The first-order chi connectivity index (χ1) is 15.7. The number of hydrogen-bond donors (Lipinski definition) is 0. The van der Waals surface area contributed by atoms with E-state index >= 15 is 0 Å². The summed E-state index contributed by atoms with van der Waals surface area (Å²) in [4.78, 5) is 17.3. The number of rotatable bonds is 6. The number of likely N-dealkylation sites (tertiary alicyclic amines) is 2. The summed E-state index contributed by atoms with van der Waals surface area (Å²) in [6.07, 6.45) is -2.77. The second-order valence-corrected chi connectivity index (χ2v) is 8.70. The molecule has 2 heterocycles. The van der Waals surface area contributed by atoms with E-state index in [0.717, 1.165) is 31.5 Å². The Balaban J connectivity index is 1.35. The number of carbonyl (C=O) groups is 1. The van der Waals surface area contributed by atoms with Gasteiger partial charge in [0.2, 0.25) is 0 Å². The lowest BCUT2D eigenvalue weighted by Gasteiger charge is -2.25. The summed E-state index contributed by atoms with van der Waals surface area (Å²) >= 11 is 0. The van der Waals surface area contributed by atoms with Gasteiger partial charge in [-0.3, -0.25) is 9.69 Å². The van der Waals surface area contributed by atoms with Crippen LogP contribution in [0.4, 0.5) is 13.2 Å². The maximum atomic E-state index is 13.1. The minimum Gasteiger partial charge on any atom is -0.493 e. The van der Waals surface area contributed by atoms with Gasteiger partial charge in [-0.25, -0.2) is 0 Å². The summed E-state index contributed by atoms with van der Waals surface area (Å²) in [7, 11) is 3.10. The molecular weight excluding hydrogens is 437 g/mol. The maximum absolute atomic E-state index is 13.1. The van der Waals surface area contributed by atoms with E-state index in [1.54, 1.807) is 44.6 Å². The van der Waals surface area contributed by atoms with Crippen LogP contribution in [-0.2, 0) is 6.54 Å². The molecule has 178 valence electrons. The molecule has 0 bridgehead atoms. The zero-order chi connectivity index (χ0) is 23.6. The summed E-state index contributed by atoms with van der Waals surface area (Å²) in [6, 6.07) is 11.2. The van der Waals surface area contributed by atoms with Gasteiger partial charge in [0.05, 0.1) is 14.2 Å². The predicted molar refractivity (Wildman–Crippen MR) is 116 cm³/mol. The third kappa shape index (κ3) is 5.35. The molecule has 0 radical (unpaired) electrons. The molecule has 1 atom stereocenters. The molecule has 0 saturated carbocycles. The standard InChI is InChI=1S/C24H27F3N2O4/c1-31-20-8-5-18(13-21(20)32-2)22(30)29-12-10-23(16-29)9-11-28(15-23)14-17-3-6-19(7-4-17)33-24(25,26)27/h3-8,13H,9-12,14-16H2,1-2H3. The summed E-state index contributed by atoms with van der Waals surface area (Å²) in [5, 5.41) is 0. The van der Waals surface area contributed by atoms with E-state index in [2.05, 4.69) is 9.64 Å². The lowest BCUT2D eigenvalue weighted by atomic mass is 9.86. The van der Waals surface area contributed by atoms with Crippen molar-refractivity contribution in [3.05, 3.63) is 53.6 Å². The van der Waals surface area contributed by atoms with E-state index in [1.165, 1.54) is 12.1 Å². The van der Waals surface area contributed by atoms with Crippen molar-refractivity contribution in [2.75, 3.05) is 40.4 Å². The van der Waals surface area contributed by atoms with Crippen LogP contribution in [0.25, 0.3) is 0 Å². The Morgan fingerprint density at radius 2 is 1.67 bits per heavy atom. The Kier molecular flexibility index (Phi) is 6.43. The van der Waals surface area contributed by atoms with E-state index in [-0.39, 0.29) is 17.1 Å². The molecule has 6 nitrogen and oxygen atoms in total. The fraction of sp³-hybridized carbons (Fsp3) is 0.458. The van der Waals surface area contributed by atoms with Gasteiger partial charge in [0, 0.05) is 37.2 Å². The number of amides is 1. The number of methoxy groups -OCH3 is 2. The average Bonchev–Trinajstić information content (AvgIpc) is 3.39. The summed E-state index contributed by atoms with van der Waals surface area (Å²) in [5.41, 5.74) is 1.55. The van der Waals surface area contributed by atoms with Crippen molar-refractivity contribution < 1.29 is 32.2 Å². The molecule has 0 aliphatic carbocycles. The molecule has 1 unspecified atom stereocenters. The molecule has 0 aromatic heterocycles. The normalized spacial score (nSPS) is 20.9. The third-order valence-corrected chi connectivity index (χ3v) is 6.44. The summed E-state index contributed by atoms with van der Waals surface area (Å²) in [6.45, 7) is 3.78. The van der Waals surface area contributed by atoms with Crippen LogP contribution in [0.2, 0.25) is 0 Å². The van der Waals surface area contributed by atoms with Gasteiger partial charge in [-0.15, -0.1) is 13.2 Å². The van der Waals surface area contributed by atoms with Crippen LogP contribution in [0, 0.1) is 5.41 Å². The van der Waals surface area contributed by atoms with E-state index < -0.39 is 6.36 Å². The summed E-state index contributed by atoms with van der Waals surface area (Å²) in [5.74, 6) is 0.864. The monoisotopic (exact) mass is 464 g/mol. The van der Waals surface area contributed by atoms with Crippen molar-refractivity contribution in [1.82, 2.24) is 9.80 Å². The molecule has 2 saturated heterocycles. The number of nitrogens with zero attached hydrogens (tertiary/aromatic N) is 2. The second kappa shape index (κ2) is 9.13. The number of carbonyl (C=O) groups excluding carboxylic acids is 1. The Morgan fingerprint density at radius 3 is 2.33 bits per heavy atom. The molecule has 4 rings (SSSR count). The van der Waals surface area contributed by atoms with E-state index in [4.69, 9.17) is 9.47 Å². The highest BCUT2D eigenvalue weighted by Crippen LogP contribution is 2.41. The van der Waals surface area contributed by atoms with Gasteiger partial charge in [0.1, 0.15) is 5.75 Å². The highest BCUT2D eigenvalue weighted by Gasteiger charge is 2.44. The van der Waals surface area contributed by atoms with Crippen molar-refractivity contribution in [3.8, 4) is 17.2 Å². The maximum Gasteiger partial charge on any atom is 0.573 e. The molecule has 0 N–H and O–H groups in total. The van der Waals surface area contributed by atoms with Gasteiger partial charge in [0.15, 0.2) is 11.5 Å². The van der Waals surface area contributed by atoms with Gasteiger partial charge in [0.25, 0.3) is 5.91 Å². The highest BCUT2D eigenvalue weighted by molar-refractivity contribution is 5.95. The van der Waals surface area contributed by atoms with Crippen LogP contribution in [0.1, 0.15) is 28.8 Å².